The van der Waals surface area contributed by atoms with E-state index in [1.54, 1.807) is 0 Å². The first-order valence-electron chi connectivity index (χ1n) is 4.58. The molecule has 1 fully saturated rings. The fourth-order valence-corrected chi connectivity index (χ4v) is 1.70. The van der Waals surface area contributed by atoms with Gasteiger partial charge in [-0.3, -0.25) is 4.68 Å². The number of nitrogens with zero attached hydrogens (tertiary/aromatic N) is 2. The lowest BCUT2D eigenvalue weighted by Gasteiger charge is -2.09. The van der Waals surface area contributed by atoms with Crippen LogP contribution in [0.5, 0.6) is 0 Å². The predicted octanol–water partition coefficient (Wildman–Crippen LogP) is 0.944. The molecule has 66 valence electrons. The minimum Gasteiger partial charge on any atom is -0.312 e. The van der Waals surface area contributed by atoms with Gasteiger partial charge in [-0.05, 0) is 32.4 Å². The Morgan fingerprint density at radius 1 is 1.75 bits per heavy atom. The monoisotopic (exact) mass is 165 g/mol. The third-order valence-electron chi connectivity index (χ3n) is 2.34. The lowest BCUT2D eigenvalue weighted by atomic mass is 10.2. The Balaban J connectivity index is 1.94. The number of rotatable bonds is 2. The van der Waals surface area contributed by atoms with Crippen molar-refractivity contribution in [3.05, 3.63) is 18.0 Å². The Hall–Kier alpha value is -0.830. The van der Waals surface area contributed by atoms with E-state index < -0.39 is 0 Å². The Morgan fingerprint density at radius 2 is 2.67 bits per heavy atom. The zero-order valence-electron chi connectivity index (χ0n) is 7.45. The van der Waals surface area contributed by atoms with E-state index in [9.17, 15) is 0 Å². The summed E-state index contributed by atoms with van der Waals surface area (Å²) in [7, 11) is 0. The second-order valence-corrected chi connectivity index (χ2v) is 3.47. The molecule has 0 unspecified atom stereocenters. The van der Waals surface area contributed by atoms with E-state index in [1.807, 2.05) is 11.6 Å². The molecular formula is C9H15N3. The summed E-state index contributed by atoms with van der Waals surface area (Å²) in [5.41, 5.74) is 1.10. The predicted molar refractivity (Wildman–Crippen MR) is 48.0 cm³/mol. The summed E-state index contributed by atoms with van der Waals surface area (Å²) < 4.78 is 2.03. The first-order valence-corrected chi connectivity index (χ1v) is 4.58. The van der Waals surface area contributed by atoms with Crippen molar-refractivity contribution in [1.82, 2.24) is 15.1 Å². The largest absolute Gasteiger partial charge is 0.312 e. The number of aryl methyl sites for hydroxylation is 1. The fourth-order valence-electron chi connectivity index (χ4n) is 1.70. The maximum Gasteiger partial charge on any atom is 0.0593 e. The summed E-state index contributed by atoms with van der Waals surface area (Å²) in [5, 5.41) is 7.80. The lowest BCUT2D eigenvalue weighted by Crippen LogP contribution is -2.26. The Labute approximate surface area is 72.8 Å². The molecule has 1 aliphatic rings. The number of aromatic nitrogens is 2. The van der Waals surface area contributed by atoms with E-state index in [1.165, 1.54) is 19.4 Å². The highest BCUT2D eigenvalue weighted by molar-refractivity contribution is 4.95. The molecular weight excluding hydrogens is 150 g/mol. The zero-order chi connectivity index (χ0) is 8.39. The van der Waals surface area contributed by atoms with Gasteiger partial charge in [-0.15, -0.1) is 0 Å². The van der Waals surface area contributed by atoms with Crippen LogP contribution < -0.4 is 5.32 Å². The molecule has 1 aliphatic heterocycles. The van der Waals surface area contributed by atoms with Gasteiger partial charge >= 0.3 is 0 Å². The molecule has 0 amide bonds. The van der Waals surface area contributed by atoms with Crippen molar-refractivity contribution in [3.8, 4) is 0 Å². The average Bonchev–Trinajstić information content (AvgIpc) is 2.63. The van der Waals surface area contributed by atoms with Gasteiger partial charge in [0.05, 0.1) is 12.2 Å². The maximum atomic E-state index is 4.35. The van der Waals surface area contributed by atoms with Gasteiger partial charge in [-0.2, -0.15) is 5.10 Å². The molecule has 1 atom stereocenters. The minimum absolute atomic E-state index is 0.643. The van der Waals surface area contributed by atoms with Crippen LogP contribution in [0, 0.1) is 6.92 Å². The van der Waals surface area contributed by atoms with Crippen molar-refractivity contribution >= 4 is 0 Å². The second kappa shape index (κ2) is 3.27. The Kier molecular flexibility index (Phi) is 2.13. The molecule has 1 aromatic rings. The molecule has 3 heteroatoms. The van der Waals surface area contributed by atoms with Crippen molar-refractivity contribution in [2.75, 3.05) is 6.54 Å². The quantitative estimate of drug-likeness (QED) is 0.707. The number of nitrogens with one attached hydrogen (secondary N) is 1. The van der Waals surface area contributed by atoms with Gasteiger partial charge in [0, 0.05) is 12.2 Å². The fraction of sp³-hybridized carbons (Fsp3) is 0.667. The summed E-state index contributed by atoms with van der Waals surface area (Å²) >= 11 is 0. The standard InChI is InChI=1S/C9H15N3/c1-8-4-6-12(11-8)7-9-3-2-5-10-9/h4,6,9-10H,2-3,5,7H2,1H3/t9-/m0/s1. The molecule has 1 aromatic heterocycles. The first-order chi connectivity index (χ1) is 5.84. The molecule has 2 heterocycles. The molecule has 3 nitrogen and oxygen atoms in total. The summed E-state index contributed by atoms with van der Waals surface area (Å²) in [6, 6.07) is 2.69. The van der Waals surface area contributed by atoms with Crippen LogP contribution >= 0.6 is 0 Å². The smallest absolute Gasteiger partial charge is 0.0593 e. The highest BCUT2D eigenvalue weighted by Crippen LogP contribution is 2.07. The van der Waals surface area contributed by atoms with Gasteiger partial charge in [0.25, 0.3) is 0 Å². The summed E-state index contributed by atoms with van der Waals surface area (Å²) in [6.07, 6.45) is 4.65. The van der Waals surface area contributed by atoms with Crippen molar-refractivity contribution in [1.29, 1.82) is 0 Å². The molecule has 0 bridgehead atoms. The van der Waals surface area contributed by atoms with Crippen molar-refractivity contribution < 1.29 is 0 Å². The van der Waals surface area contributed by atoms with E-state index in [0.717, 1.165) is 12.2 Å². The zero-order valence-corrected chi connectivity index (χ0v) is 7.45. The van der Waals surface area contributed by atoms with Gasteiger partial charge in [0.1, 0.15) is 0 Å². The van der Waals surface area contributed by atoms with Crippen LogP contribution in [-0.2, 0) is 6.54 Å². The lowest BCUT2D eigenvalue weighted by molar-refractivity contribution is 0.474. The highest BCUT2D eigenvalue weighted by Gasteiger charge is 2.14. The van der Waals surface area contributed by atoms with Crippen molar-refractivity contribution in [2.24, 2.45) is 0 Å². The second-order valence-electron chi connectivity index (χ2n) is 3.47. The van der Waals surface area contributed by atoms with Crippen LogP contribution in [0.3, 0.4) is 0 Å². The van der Waals surface area contributed by atoms with E-state index in [4.69, 9.17) is 0 Å². The molecule has 1 saturated heterocycles. The van der Waals surface area contributed by atoms with Gasteiger partial charge in [-0.25, -0.2) is 0 Å². The van der Waals surface area contributed by atoms with Crippen LogP contribution in [-0.4, -0.2) is 22.4 Å². The summed E-state index contributed by atoms with van der Waals surface area (Å²) in [5.74, 6) is 0. The maximum absolute atomic E-state index is 4.35. The SMILES string of the molecule is Cc1ccn(C[C@@H]2CCCN2)n1. The van der Waals surface area contributed by atoms with Gasteiger partial charge in [0.15, 0.2) is 0 Å². The third kappa shape index (κ3) is 1.67. The van der Waals surface area contributed by atoms with Crippen LogP contribution in [0.15, 0.2) is 12.3 Å². The normalized spacial score (nSPS) is 23.2. The van der Waals surface area contributed by atoms with Gasteiger partial charge in [0.2, 0.25) is 0 Å². The van der Waals surface area contributed by atoms with Crippen LogP contribution in [0.2, 0.25) is 0 Å². The summed E-state index contributed by atoms with van der Waals surface area (Å²) in [6.45, 7) is 4.22. The average molecular weight is 165 g/mol. The Morgan fingerprint density at radius 3 is 3.25 bits per heavy atom. The van der Waals surface area contributed by atoms with E-state index in [-0.39, 0.29) is 0 Å². The number of hydrogen-bond acceptors (Lipinski definition) is 2. The minimum atomic E-state index is 0.643. The highest BCUT2D eigenvalue weighted by atomic mass is 15.3. The molecule has 0 spiro atoms. The molecule has 12 heavy (non-hydrogen) atoms. The molecule has 0 aromatic carbocycles. The van der Waals surface area contributed by atoms with E-state index >= 15 is 0 Å². The van der Waals surface area contributed by atoms with Crippen LogP contribution in [0.1, 0.15) is 18.5 Å². The molecule has 0 radical (unpaired) electrons. The van der Waals surface area contributed by atoms with Gasteiger partial charge in [-0.1, -0.05) is 0 Å². The Bertz CT molecular complexity index is 248. The van der Waals surface area contributed by atoms with Crippen LogP contribution in [0.4, 0.5) is 0 Å². The third-order valence-corrected chi connectivity index (χ3v) is 2.34. The molecule has 1 N–H and O–H groups in total. The molecule has 0 aliphatic carbocycles. The molecule has 2 rings (SSSR count). The topological polar surface area (TPSA) is 29.9 Å². The molecule has 0 saturated carbocycles. The number of hydrogen-bond donors (Lipinski definition) is 1. The summed E-state index contributed by atoms with van der Waals surface area (Å²) in [4.78, 5) is 0. The van der Waals surface area contributed by atoms with E-state index in [0.29, 0.717) is 6.04 Å². The van der Waals surface area contributed by atoms with E-state index in [2.05, 4.69) is 22.7 Å². The first kappa shape index (κ1) is 7.80. The van der Waals surface area contributed by atoms with Crippen LogP contribution in [0.25, 0.3) is 0 Å². The van der Waals surface area contributed by atoms with Crippen molar-refractivity contribution in [3.63, 3.8) is 0 Å². The van der Waals surface area contributed by atoms with Crippen molar-refractivity contribution in [2.45, 2.75) is 32.4 Å². The van der Waals surface area contributed by atoms with Gasteiger partial charge < -0.3 is 5.32 Å².